The molecular weight excluding hydrogens is 347 g/mol. The highest BCUT2D eigenvalue weighted by Gasteiger charge is 2.06. The van der Waals surface area contributed by atoms with Gasteiger partial charge in [-0.1, -0.05) is 0 Å². The summed E-state index contributed by atoms with van der Waals surface area (Å²) < 4.78 is 3.61. The standard InChI is InChI=1S/C7H4BrIN4/c8-5-3-10-4-12-6(5)13-2-1-11-7(13)9/h1-4H. The van der Waals surface area contributed by atoms with Crippen molar-refractivity contribution in [2.24, 2.45) is 0 Å². The molecule has 4 nitrogen and oxygen atoms in total. The Morgan fingerprint density at radius 1 is 1.38 bits per heavy atom. The lowest BCUT2D eigenvalue weighted by molar-refractivity contribution is 0.931. The minimum atomic E-state index is 0.803. The first-order valence-corrected chi connectivity index (χ1v) is 5.31. The summed E-state index contributed by atoms with van der Waals surface area (Å²) in [5.74, 6) is 0.803. The van der Waals surface area contributed by atoms with Crippen LogP contribution >= 0.6 is 38.5 Å². The van der Waals surface area contributed by atoms with Crippen molar-refractivity contribution in [3.63, 3.8) is 0 Å². The van der Waals surface area contributed by atoms with Crippen LogP contribution in [0.3, 0.4) is 0 Å². The van der Waals surface area contributed by atoms with Crippen molar-refractivity contribution in [3.8, 4) is 5.82 Å². The molecule has 0 atom stereocenters. The van der Waals surface area contributed by atoms with Gasteiger partial charge >= 0.3 is 0 Å². The Kier molecular flexibility index (Phi) is 2.58. The summed E-state index contributed by atoms with van der Waals surface area (Å²) in [6.07, 6.45) is 6.81. The Balaban J connectivity index is 2.59. The zero-order valence-electron chi connectivity index (χ0n) is 6.35. The van der Waals surface area contributed by atoms with Gasteiger partial charge in [0, 0.05) is 41.2 Å². The Morgan fingerprint density at radius 3 is 2.85 bits per heavy atom. The third kappa shape index (κ3) is 1.73. The van der Waals surface area contributed by atoms with Gasteiger partial charge in [0.2, 0.25) is 0 Å². The van der Waals surface area contributed by atoms with E-state index in [4.69, 9.17) is 0 Å². The third-order valence-corrected chi connectivity index (χ3v) is 2.83. The molecule has 0 unspecified atom stereocenters. The molecule has 0 aliphatic rings. The number of nitrogens with zero attached hydrogens (tertiary/aromatic N) is 4. The summed E-state index contributed by atoms with van der Waals surface area (Å²) in [6, 6.07) is 0. The third-order valence-electron chi connectivity index (χ3n) is 1.47. The molecule has 2 rings (SSSR count). The molecule has 0 saturated carbocycles. The lowest BCUT2D eigenvalue weighted by atomic mass is 10.6. The second-order valence-electron chi connectivity index (χ2n) is 2.26. The van der Waals surface area contributed by atoms with E-state index in [-0.39, 0.29) is 0 Å². The molecule has 0 radical (unpaired) electrons. The van der Waals surface area contributed by atoms with Crippen LogP contribution in [0.2, 0.25) is 0 Å². The molecule has 0 aliphatic carbocycles. The fourth-order valence-electron chi connectivity index (χ4n) is 0.927. The lowest BCUT2D eigenvalue weighted by Gasteiger charge is -2.03. The monoisotopic (exact) mass is 350 g/mol. The maximum atomic E-state index is 4.14. The van der Waals surface area contributed by atoms with E-state index in [1.165, 1.54) is 6.33 Å². The van der Waals surface area contributed by atoms with Gasteiger partial charge < -0.3 is 0 Å². The molecule has 13 heavy (non-hydrogen) atoms. The van der Waals surface area contributed by atoms with Gasteiger partial charge in [0.25, 0.3) is 0 Å². The molecule has 66 valence electrons. The van der Waals surface area contributed by atoms with Crippen LogP contribution in [-0.4, -0.2) is 19.5 Å². The highest BCUT2D eigenvalue weighted by Crippen LogP contribution is 2.18. The number of hydrogen-bond acceptors (Lipinski definition) is 3. The first-order valence-electron chi connectivity index (χ1n) is 3.44. The van der Waals surface area contributed by atoms with E-state index in [1.54, 1.807) is 12.4 Å². The summed E-state index contributed by atoms with van der Waals surface area (Å²) in [6.45, 7) is 0. The van der Waals surface area contributed by atoms with Gasteiger partial charge in [-0.25, -0.2) is 15.0 Å². The molecule has 0 N–H and O–H groups in total. The van der Waals surface area contributed by atoms with Crippen LogP contribution in [0.15, 0.2) is 29.4 Å². The summed E-state index contributed by atoms with van der Waals surface area (Å²) in [5, 5.41) is 0. The fraction of sp³-hybridized carbons (Fsp3) is 0. The van der Waals surface area contributed by atoms with Crippen molar-refractivity contribution in [1.29, 1.82) is 0 Å². The summed E-state index contributed by atoms with van der Waals surface area (Å²) >= 11 is 5.52. The van der Waals surface area contributed by atoms with Gasteiger partial charge in [-0.3, -0.25) is 4.57 Å². The first kappa shape index (κ1) is 9.07. The topological polar surface area (TPSA) is 43.6 Å². The van der Waals surface area contributed by atoms with Crippen LogP contribution in [0.1, 0.15) is 0 Å². The van der Waals surface area contributed by atoms with Crippen molar-refractivity contribution in [1.82, 2.24) is 19.5 Å². The number of aromatic nitrogens is 4. The number of halogens is 2. The van der Waals surface area contributed by atoms with Crippen molar-refractivity contribution in [2.45, 2.75) is 0 Å². The molecule has 0 aliphatic heterocycles. The minimum Gasteiger partial charge on any atom is -0.278 e. The SMILES string of the molecule is Brc1cncnc1-n1ccnc1I. The Bertz CT molecular complexity index is 428. The van der Waals surface area contributed by atoms with Gasteiger partial charge in [-0.2, -0.15) is 0 Å². The zero-order valence-corrected chi connectivity index (χ0v) is 10.1. The molecule has 2 aromatic heterocycles. The van der Waals surface area contributed by atoms with Gasteiger partial charge in [0.15, 0.2) is 9.65 Å². The van der Waals surface area contributed by atoms with Crippen molar-refractivity contribution in [3.05, 3.63) is 33.2 Å². The molecule has 0 saturated heterocycles. The smallest absolute Gasteiger partial charge is 0.177 e. The molecule has 0 aromatic carbocycles. The molecule has 0 spiro atoms. The second kappa shape index (κ2) is 3.70. The van der Waals surface area contributed by atoms with Crippen LogP contribution in [0, 0.1) is 3.83 Å². The van der Waals surface area contributed by atoms with E-state index in [1.807, 2.05) is 10.8 Å². The Morgan fingerprint density at radius 2 is 2.23 bits per heavy atom. The second-order valence-corrected chi connectivity index (χ2v) is 4.08. The summed E-state index contributed by atoms with van der Waals surface area (Å²) in [7, 11) is 0. The quantitative estimate of drug-likeness (QED) is 0.739. The summed E-state index contributed by atoms with van der Waals surface area (Å²) in [5.41, 5.74) is 0. The van der Waals surface area contributed by atoms with Crippen LogP contribution in [0.5, 0.6) is 0 Å². The number of hydrogen-bond donors (Lipinski definition) is 0. The highest BCUT2D eigenvalue weighted by atomic mass is 127. The van der Waals surface area contributed by atoms with E-state index in [2.05, 4.69) is 53.5 Å². The van der Waals surface area contributed by atoms with Crippen molar-refractivity contribution >= 4 is 38.5 Å². The molecule has 0 fully saturated rings. The van der Waals surface area contributed by atoms with Crippen molar-refractivity contribution in [2.75, 3.05) is 0 Å². The predicted molar refractivity (Wildman–Crippen MR) is 59.6 cm³/mol. The maximum Gasteiger partial charge on any atom is 0.177 e. The molecule has 6 heteroatoms. The molecule has 2 aromatic rings. The van der Waals surface area contributed by atoms with Gasteiger partial charge in [-0.15, -0.1) is 0 Å². The highest BCUT2D eigenvalue weighted by molar-refractivity contribution is 14.1. The van der Waals surface area contributed by atoms with E-state index >= 15 is 0 Å². The minimum absolute atomic E-state index is 0.803. The number of rotatable bonds is 1. The molecule has 0 bridgehead atoms. The van der Waals surface area contributed by atoms with Crippen molar-refractivity contribution < 1.29 is 0 Å². The van der Waals surface area contributed by atoms with Gasteiger partial charge in [0.05, 0.1) is 4.47 Å². The first-order chi connectivity index (χ1) is 6.29. The van der Waals surface area contributed by atoms with Crippen LogP contribution < -0.4 is 0 Å². The Hall–Kier alpha value is -0.500. The predicted octanol–water partition coefficient (Wildman–Crippen LogP) is 2.03. The lowest BCUT2D eigenvalue weighted by Crippen LogP contribution is -1.99. The molecular formula is C7H4BrIN4. The largest absolute Gasteiger partial charge is 0.278 e. The van der Waals surface area contributed by atoms with Crippen LogP contribution in [0.25, 0.3) is 5.82 Å². The maximum absolute atomic E-state index is 4.14. The average Bonchev–Trinajstić information content (AvgIpc) is 2.52. The normalized spacial score (nSPS) is 10.3. The van der Waals surface area contributed by atoms with Gasteiger partial charge in [-0.05, 0) is 15.9 Å². The van der Waals surface area contributed by atoms with Crippen LogP contribution in [-0.2, 0) is 0 Å². The van der Waals surface area contributed by atoms with E-state index in [9.17, 15) is 0 Å². The number of imidazole rings is 1. The zero-order chi connectivity index (χ0) is 9.26. The van der Waals surface area contributed by atoms with E-state index < -0.39 is 0 Å². The van der Waals surface area contributed by atoms with Crippen LogP contribution in [0.4, 0.5) is 0 Å². The van der Waals surface area contributed by atoms with E-state index in [0.717, 1.165) is 14.1 Å². The fourth-order valence-corrected chi connectivity index (χ4v) is 1.89. The Labute approximate surface area is 96.7 Å². The van der Waals surface area contributed by atoms with Gasteiger partial charge in [0.1, 0.15) is 6.33 Å². The average molecular weight is 351 g/mol. The summed E-state index contributed by atoms with van der Waals surface area (Å²) in [4.78, 5) is 12.1. The van der Waals surface area contributed by atoms with E-state index in [0.29, 0.717) is 0 Å². The molecule has 0 amide bonds. The molecule has 2 heterocycles.